The molecule has 6 nitrogen and oxygen atoms in total. The van der Waals surface area contributed by atoms with Gasteiger partial charge in [0.25, 0.3) is 0 Å². The van der Waals surface area contributed by atoms with Gasteiger partial charge < -0.3 is 15.0 Å². The second-order valence-corrected chi connectivity index (χ2v) is 3.45. The number of nitrogens with zero attached hydrogens (tertiary/aromatic N) is 1. The zero-order valence-electron chi connectivity index (χ0n) is 10.6. The molecule has 0 saturated heterocycles. The average Bonchev–Trinajstić information content (AvgIpc) is 2.25. The summed E-state index contributed by atoms with van der Waals surface area (Å²) in [6.07, 6.45) is 0.187. The van der Waals surface area contributed by atoms with Gasteiger partial charge in [-0.15, -0.1) is 0 Å². The van der Waals surface area contributed by atoms with E-state index < -0.39 is 5.97 Å². The Morgan fingerprint density at radius 3 is 2.35 bits per heavy atom. The monoisotopic (exact) mass is 244 g/mol. The number of hydrogen-bond donors (Lipinski definition) is 1. The van der Waals surface area contributed by atoms with Gasteiger partial charge in [-0.05, 0) is 13.8 Å². The minimum absolute atomic E-state index is 0.0384. The molecule has 0 aromatic rings. The first-order chi connectivity index (χ1) is 8.01. The Labute approximate surface area is 101 Å². The molecule has 0 aromatic heterocycles. The molecule has 98 valence electrons. The van der Waals surface area contributed by atoms with Gasteiger partial charge in [-0.3, -0.25) is 14.4 Å². The fourth-order valence-electron chi connectivity index (χ4n) is 1.24. The summed E-state index contributed by atoms with van der Waals surface area (Å²) in [5.41, 5.74) is 0. The standard InChI is InChI=1S/C11H20N2O4/c1-4-13(8-11(16)17-5-2)10(15)6-7-12-9(3)14/h4-8H2,1-3H3,(H,12,14). The van der Waals surface area contributed by atoms with Gasteiger partial charge in [-0.25, -0.2) is 0 Å². The fraction of sp³-hybridized carbons (Fsp3) is 0.727. The van der Waals surface area contributed by atoms with Crippen molar-refractivity contribution in [2.24, 2.45) is 0 Å². The van der Waals surface area contributed by atoms with Crippen LogP contribution in [0.2, 0.25) is 0 Å². The van der Waals surface area contributed by atoms with Gasteiger partial charge in [-0.2, -0.15) is 0 Å². The summed E-state index contributed by atoms with van der Waals surface area (Å²) in [6.45, 7) is 5.88. The molecule has 0 aliphatic heterocycles. The van der Waals surface area contributed by atoms with Crippen molar-refractivity contribution < 1.29 is 19.1 Å². The van der Waals surface area contributed by atoms with Gasteiger partial charge in [0.2, 0.25) is 11.8 Å². The molecule has 0 spiro atoms. The number of amides is 2. The van der Waals surface area contributed by atoms with Gasteiger partial charge in [0.1, 0.15) is 6.54 Å². The first-order valence-electron chi connectivity index (χ1n) is 5.69. The van der Waals surface area contributed by atoms with Crippen LogP contribution in [0.3, 0.4) is 0 Å². The van der Waals surface area contributed by atoms with Crippen molar-refractivity contribution in [3.63, 3.8) is 0 Å². The molecule has 0 saturated carbocycles. The lowest BCUT2D eigenvalue weighted by Gasteiger charge is -2.19. The van der Waals surface area contributed by atoms with E-state index in [2.05, 4.69) is 5.32 Å². The van der Waals surface area contributed by atoms with E-state index >= 15 is 0 Å². The zero-order valence-corrected chi connectivity index (χ0v) is 10.6. The number of hydrogen-bond acceptors (Lipinski definition) is 4. The summed E-state index contributed by atoms with van der Waals surface area (Å²) < 4.78 is 4.76. The van der Waals surface area contributed by atoms with Crippen LogP contribution in [0.4, 0.5) is 0 Å². The van der Waals surface area contributed by atoms with Crippen molar-refractivity contribution in [2.45, 2.75) is 27.2 Å². The van der Waals surface area contributed by atoms with Crippen LogP contribution in [-0.4, -0.2) is 48.9 Å². The molecule has 0 bridgehead atoms. The Morgan fingerprint density at radius 2 is 1.88 bits per heavy atom. The van der Waals surface area contributed by atoms with E-state index in [4.69, 9.17) is 4.74 Å². The number of esters is 1. The molecule has 0 unspecified atom stereocenters. The maximum Gasteiger partial charge on any atom is 0.325 e. The number of ether oxygens (including phenoxy) is 1. The lowest BCUT2D eigenvalue weighted by atomic mass is 10.3. The van der Waals surface area contributed by atoms with Crippen LogP contribution in [0.1, 0.15) is 27.2 Å². The van der Waals surface area contributed by atoms with Crippen molar-refractivity contribution in [1.29, 1.82) is 0 Å². The van der Waals surface area contributed by atoms with E-state index in [1.54, 1.807) is 13.8 Å². The molecule has 1 N–H and O–H groups in total. The van der Waals surface area contributed by atoms with Gasteiger partial charge in [0, 0.05) is 26.4 Å². The Kier molecular flexibility index (Phi) is 7.75. The lowest BCUT2D eigenvalue weighted by molar-refractivity contribution is -0.148. The van der Waals surface area contributed by atoms with Crippen LogP contribution in [0.5, 0.6) is 0 Å². The molecule has 0 aliphatic carbocycles. The number of rotatable bonds is 7. The molecular weight excluding hydrogens is 224 g/mol. The second kappa shape index (κ2) is 8.55. The molecule has 0 aromatic carbocycles. The van der Waals surface area contributed by atoms with Crippen LogP contribution in [0.25, 0.3) is 0 Å². The Balaban J connectivity index is 4.03. The normalized spacial score (nSPS) is 9.59. The summed E-state index contributed by atoms with van der Waals surface area (Å²) in [7, 11) is 0. The summed E-state index contributed by atoms with van der Waals surface area (Å²) in [6, 6.07) is 0. The maximum atomic E-state index is 11.7. The average molecular weight is 244 g/mol. The van der Waals surface area contributed by atoms with Crippen molar-refractivity contribution in [2.75, 3.05) is 26.2 Å². The molecule has 17 heavy (non-hydrogen) atoms. The van der Waals surface area contributed by atoms with E-state index in [0.29, 0.717) is 13.2 Å². The third-order valence-corrected chi connectivity index (χ3v) is 2.07. The van der Waals surface area contributed by atoms with Crippen LogP contribution >= 0.6 is 0 Å². The maximum absolute atomic E-state index is 11.7. The first kappa shape index (κ1) is 15.4. The summed E-state index contributed by atoms with van der Waals surface area (Å²) in [4.78, 5) is 34.9. The minimum atomic E-state index is -0.415. The van der Waals surface area contributed by atoms with E-state index in [1.165, 1.54) is 11.8 Å². The third kappa shape index (κ3) is 7.32. The van der Waals surface area contributed by atoms with Crippen LogP contribution in [0, 0.1) is 0 Å². The van der Waals surface area contributed by atoms with Crippen molar-refractivity contribution >= 4 is 17.8 Å². The minimum Gasteiger partial charge on any atom is -0.465 e. The zero-order chi connectivity index (χ0) is 13.3. The largest absolute Gasteiger partial charge is 0.465 e. The molecule has 6 heteroatoms. The molecular formula is C11H20N2O4. The molecule has 0 aliphatic rings. The van der Waals surface area contributed by atoms with Crippen molar-refractivity contribution in [3.8, 4) is 0 Å². The lowest BCUT2D eigenvalue weighted by Crippen LogP contribution is -2.38. The molecule has 2 amide bonds. The number of carbonyl (C=O) groups excluding carboxylic acids is 3. The van der Waals surface area contributed by atoms with Crippen LogP contribution in [0.15, 0.2) is 0 Å². The summed E-state index contributed by atoms with van der Waals surface area (Å²) >= 11 is 0. The van der Waals surface area contributed by atoms with Gasteiger partial charge in [0.15, 0.2) is 0 Å². The van der Waals surface area contributed by atoms with Crippen LogP contribution < -0.4 is 5.32 Å². The highest BCUT2D eigenvalue weighted by Crippen LogP contribution is 1.95. The van der Waals surface area contributed by atoms with Crippen molar-refractivity contribution in [1.82, 2.24) is 10.2 Å². The molecule has 0 atom stereocenters. The number of likely N-dealkylation sites (N-methyl/N-ethyl adjacent to an activating group) is 1. The van der Waals surface area contributed by atoms with E-state index in [1.807, 2.05) is 0 Å². The SMILES string of the molecule is CCOC(=O)CN(CC)C(=O)CCNC(C)=O. The van der Waals surface area contributed by atoms with Gasteiger partial charge in [-0.1, -0.05) is 0 Å². The predicted molar refractivity (Wildman–Crippen MR) is 62.2 cm³/mol. The topological polar surface area (TPSA) is 75.7 Å². The summed E-state index contributed by atoms with van der Waals surface area (Å²) in [5.74, 6) is -0.761. The highest BCUT2D eigenvalue weighted by Gasteiger charge is 2.15. The highest BCUT2D eigenvalue weighted by atomic mass is 16.5. The van der Waals surface area contributed by atoms with Crippen molar-refractivity contribution in [3.05, 3.63) is 0 Å². The molecule has 0 radical (unpaired) electrons. The third-order valence-electron chi connectivity index (χ3n) is 2.07. The quantitative estimate of drug-likeness (QED) is 0.636. The molecule has 0 rings (SSSR count). The molecule has 0 fully saturated rings. The Bertz CT molecular complexity index is 279. The van der Waals surface area contributed by atoms with Gasteiger partial charge >= 0.3 is 5.97 Å². The predicted octanol–water partition coefficient (Wildman–Crippen LogP) is -0.0758. The number of carbonyl (C=O) groups is 3. The van der Waals surface area contributed by atoms with E-state index in [9.17, 15) is 14.4 Å². The number of nitrogens with one attached hydrogen (secondary N) is 1. The van der Waals surface area contributed by atoms with E-state index in [-0.39, 0.29) is 31.3 Å². The summed E-state index contributed by atoms with van der Waals surface area (Å²) in [5, 5.41) is 2.53. The fourth-order valence-corrected chi connectivity index (χ4v) is 1.24. The second-order valence-electron chi connectivity index (χ2n) is 3.45. The first-order valence-corrected chi connectivity index (χ1v) is 5.69. The highest BCUT2D eigenvalue weighted by molar-refractivity contribution is 5.82. The van der Waals surface area contributed by atoms with Crippen LogP contribution in [-0.2, 0) is 19.1 Å². The Morgan fingerprint density at radius 1 is 1.24 bits per heavy atom. The molecule has 0 heterocycles. The smallest absolute Gasteiger partial charge is 0.325 e. The Hall–Kier alpha value is -1.59. The van der Waals surface area contributed by atoms with E-state index in [0.717, 1.165) is 0 Å². The van der Waals surface area contributed by atoms with Gasteiger partial charge in [0.05, 0.1) is 6.61 Å².